The minimum Gasteiger partial charge on any atom is -0.458 e. The summed E-state index contributed by atoms with van der Waals surface area (Å²) in [5.74, 6) is -0.668. The number of unbranched alkanes of at least 4 members (excludes halogenated alkanes) is 16. The molecule has 0 aliphatic rings. The van der Waals surface area contributed by atoms with Gasteiger partial charge in [0.25, 0.3) is 0 Å². The average Bonchev–Trinajstić information content (AvgIpc) is 3.24. The van der Waals surface area contributed by atoms with Crippen molar-refractivity contribution in [3.63, 3.8) is 0 Å². The summed E-state index contributed by atoms with van der Waals surface area (Å²) in [6.07, 6.45) is 63.2. The zero-order chi connectivity index (χ0) is 43.8. The van der Waals surface area contributed by atoms with Gasteiger partial charge in [-0.3, -0.25) is 9.59 Å². The molecule has 0 heterocycles. The van der Waals surface area contributed by atoms with Gasteiger partial charge in [-0.05, 0) is 76.7 Å². The zero-order valence-electron chi connectivity index (χ0n) is 38.5. The second-order valence-electron chi connectivity index (χ2n) is 15.9. The summed E-state index contributed by atoms with van der Waals surface area (Å²) >= 11 is 0. The average molecular weight is 832 g/mol. The number of ether oxygens (including phenoxy) is 1. The molecule has 0 saturated heterocycles. The first-order valence-electron chi connectivity index (χ1n) is 24.2. The Morgan fingerprint density at radius 2 is 0.983 bits per heavy atom. The maximum atomic E-state index is 13.1. The molecule has 6 nitrogen and oxygen atoms in total. The SMILES string of the molecule is CC/C=C/C/C=C/C/C=C/C/C=C/C/C=C/C(CC(=O)NC(CO)C(O)CCCCCCCCCCC)OC(=O)CCCCCCC/C=C/C=C/C=C/C=C/CCCCC. The van der Waals surface area contributed by atoms with Gasteiger partial charge in [-0.15, -0.1) is 0 Å². The molecule has 0 radical (unpaired) electrons. The van der Waals surface area contributed by atoms with E-state index in [1.807, 2.05) is 6.08 Å². The van der Waals surface area contributed by atoms with Crippen molar-refractivity contribution in [2.45, 2.75) is 212 Å². The summed E-state index contributed by atoms with van der Waals surface area (Å²) in [6, 6.07) is -0.752. The quantitative estimate of drug-likeness (QED) is 0.0247. The lowest BCUT2D eigenvalue weighted by molar-refractivity contribution is -0.148. The number of carbonyl (C=O) groups is 2. The van der Waals surface area contributed by atoms with Crippen molar-refractivity contribution < 1.29 is 24.5 Å². The van der Waals surface area contributed by atoms with E-state index in [1.165, 1.54) is 57.8 Å². The van der Waals surface area contributed by atoms with Crippen LogP contribution in [0.15, 0.2) is 109 Å². The van der Waals surface area contributed by atoms with Crippen molar-refractivity contribution in [1.82, 2.24) is 5.32 Å². The standard InChI is InChI=1S/C54H89NO5/c1-4-7-10-13-16-19-21-23-25-26-27-28-30-32-35-38-41-44-47-54(59)60-50(45-42-39-36-34-31-29-24-22-20-17-14-11-8-5-2)48-53(58)55-51(49-56)52(57)46-43-40-37-33-18-15-12-9-6-3/h8,11,16-17,19-21,23-29,34,36,42,45,50-52,56-57H,4-7,9-10,12-15,18,22,30-33,35,37-41,43-44,46-49H2,1-3H3,(H,55,58)/b11-8+,19-16+,20-17+,23-21+,26-25+,28-27+,29-24+,36-34+,45-42+. The lowest BCUT2D eigenvalue weighted by Gasteiger charge is -2.23. The van der Waals surface area contributed by atoms with E-state index in [2.05, 4.69) is 123 Å². The van der Waals surface area contributed by atoms with E-state index in [-0.39, 0.29) is 24.9 Å². The van der Waals surface area contributed by atoms with Crippen LogP contribution < -0.4 is 5.32 Å². The maximum absolute atomic E-state index is 13.1. The number of hydrogen-bond acceptors (Lipinski definition) is 5. The van der Waals surface area contributed by atoms with Crippen LogP contribution in [0.4, 0.5) is 0 Å². The number of amides is 1. The Balaban J connectivity index is 4.81. The Kier molecular flexibility index (Phi) is 43.9. The number of aliphatic hydroxyl groups is 2. The van der Waals surface area contributed by atoms with Crippen LogP contribution in [0.1, 0.15) is 194 Å². The van der Waals surface area contributed by atoms with Gasteiger partial charge in [-0.1, -0.05) is 214 Å². The van der Waals surface area contributed by atoms with Crippen molar-refractivity contribution in [3.8, 4) is 0 Å². The third kappa shape index (κ3) is 41.3. The second kappa shape index (κ2) is 46.6. The van der Waals surface area contributed by atoms with E-state index >= 15 is 0 Å². The van der Waals surface area contributed by atoms with Crippen LogP contribution in [0.5, 0.6) is 0 Å². The molecule has 0 aliphatic heterocycles. The topological polar surface area (TPSA) is 95.9 Å². The van der Waals surface area contributed by atoms with Gasteiger partial charge in [0.1, 0.15) is 6.10 Å². The largest absolute Gasteiger partial charge is 0.458 e. The predicted octanol–water partition coefficient (Wildman–Crippen LogP) is 14.3. The van der Waals surface area contributed by atoms with Crippen molar-refractivity contribution in [2.24, 2.45) is 0 Å². The van der Waals surface area contributed by atoms with Crippen LogP contribution in [0.25, 0.3) is 0 Å². The first-order chi connectivity index (χ1) is 29.5. The van der Waals surface area contributed by atoms with Crippen molar-refractivity contribution in [3.05, 3.63) is 109 Å². The van der Waals surface area contributed by atoms with Crippen LogP contribution >= 0.6 is 0 Å². The normalized spacial score (nSPS) is 14.3. The minimum atomic E-state index is -0.828. The monoisotopic (exact) mass is 832 g/mol. The van der Waals surface area contributed by atoms with Crippen molar-refractivity contribution in [2.75, 3.05) is 6.61 Å². The summed E-state index contributed by atoms with van der Waals surface area (Å²) < 4.78 is 5.80. The molecule has 0 aromatic rings. The number of esters is 1. The molecule has 0 fully saturated rings. The first kappa shape index (κ1) is 56.5. The van der Waals surface area contributed by atoms with Gasteiger partial charge in [0.2, 0.25) is 5.91 Å². The molecule has 340 valence electrons. The highest BCUT2D eigenvalue weighted by Gasteiger charge is 2.23. The van der Waals surface area contributed by atoms with Gasteiger partial charge in [0.05, 0.1) is 25.2 Å². The summed E-state index contributed by atoms with van der Waals surface area (Å²) in [7, 11) is 0. The van der Waals surface area contributed by atoms with Crippen LogP contribution in [-0.4, -0.2) is 46.9 Å². The molecule has 0 saturated carbocycles. The minimum absolute atomic E-state index is 0.0626. The van der Waals surface area contributed by atoms with E-state index in [9.17, 15) is 19.8 Å². The molecule has 0 bridgehead atoms. The van der Waals surface area contributed by atoms with E-state index in [0.717, 1.165) is 89.9 Å². The van der Waals surface area contributed by atoms with Gasteiger partial charge in [0.15, 0.2) is 0 Å². The molecule has 0 aromatic carbocycles. The lowest BCUT2D eigenvalue weighted by Crippen LogP contribution is -2.46. The molecular weight excluding hydrogens is 743 g/mol. The third-order valence-corrected chi connectivity index (χ3v) is 10.2. The summed E-state index contributed by atoms with van der Waals surface area (Å²) in [5.41, 5.74) is 0. The van der Waals surface area contributed by atoms with Crippen LogP contribution in [-0.2, 0) is 14.3 Å². The fourth-order valence-electron chi connectivity index (χ4n) is 6.52. The Morgan fingerprint density at radius 3 is 1.53 bits per heavy atom. The molecule has 3 unspecified atom stereocenters. The smallest absolute Gasteiger partial charge is 0.306 e. The molecule has 3 atom stereocenters. The van der Waals surface area contributed by atoms with E-state index in [4.69, 9.17) is 4.74 Å². The maximum Gasteiger partial charge on any atom is 0.306 e. The number of rotatable bonds is 41. The summed E-state index contributed by atoms with van der Waals surface area (Å²) in [4.78, 5) is 26.0. The fraction of sp³-hybridized carbons (Fsp3) is 0.630. The van der Waals surface area contributed by atoms with Gasteiger partial charge >= 0.3 is 5.97 Å². The summed E-state index contributed by atoms with van der Waals surface area (Å²) in [5, 5.41) is 23.6. The van der Waals surface area contributed by atoms with Crippen LogP contribution in [0.3, 0.4) is 0 Å². The molecule has 1 amide bonds. The van der Waals surface area contributed by atoms with Gasteiger partial charge in [-0.2, -0.15) is 0 Å². The molecule has 6 heteroatoms. The number of hydrogen-bond donors (Lipinski definition) is 3. The van der Waals surface area contributed by atoms with Gasteiger partial charge < -0.3 is 20.3 Å². The van der Waals surface area contributed by atoms with E-state index in [0.29, 0.717) is 19.3 Å². The second-order valence-corrected chi connectivity index (χ2v) is 15.9. The Morgan fingerprint density at radius 1 is 0.533 bits per heavy atom. The lowest BCUT2D eigenvalue weighted by atomic mass is 10.0. The predicted molar refractivity (Wildman–Crippen MR) is 259 cm³/mol. The molecule has 60 heavy (non-hydrogen) atoms. The number of nitrogens with one attached hydrogen (secondary N) is 1. The highest BCUT2D eigenvalue weighted by molar-refractivity contribution is 5.78. The molecule has 0 rings (SSSR count). The Bertz CT molecular complexity index is 1250. The highest BCUT2D eigenvalue weighted by Crippen LogP contribution is 2.14. The third-order valence-electron chi connectivity index (χ3n) is 10.2. The molecule has 0 spiro atoms. The zero-order valence-corrected chi connectivity index (χ0v) is 38.5. The molecule has 3 N–H and O–H groups in total. The Hall–Kier alpha value is -3.48. The Labute approximate surface area is 368 Å². The van der Waals surface area contributed by atoms with Gasteiger partial charge in [0, 0.05) is 6.42 Å². The van der Waals surface area contributed by atoms with E-state index in [1.54, 1.807) is 6.08 Å². The van der Waals surface area contributed by atoms with Gasteiger partial charge in [-0.25, -0.2) is 0 Å². The molecular formula is C54H89NO5. The highest BCUT2D eigenvalue weighted by atomic mass is 16.5. The number of allylic oxidation sites excluding steroid dienone is 17. The first-order valence-corrected chi connectivity index (χ1v) is 24.2. The van der Waals surface area contributed by atoms with Crippen LogP contribution in [0.2, 0.25) is 0 Å². The number of carbonyl (C=O) groups excluding carboxylic acids is 2. The molecule has 0 aromatic heterocycles. The molecule has 0 aliphatic carbocycles. The number of aliphatic hydroxyl groups excluding tert-OH is 2. The van der Waals surface area contributed by atoms with Crippen molar-refractivity contribution in [1.29, 1.82) is 0 Å². The van der Waals surface area contributed by atoms with E-state index < -0.39 is 18.2 Å². The fourth-order valence-corrected chi connectivity index (χ4v) is 6.52. The van der Waals surface area contributed by atoms with Crippen molar-refractivity contribution >= 4 is 11.9 Å². The van der Waals surface area contributed by atoms with Crippen LogP contribution in [0, 0.1) is 0 Å². The summed E-state index contributed by atoms with van der Waals surface area (Å²) in [6.45, 7) is 6.24.